The van der Waals surface area contributed by atoms with E-state index in [9.17, 15) is 4.79 Å². The number of amides is 1. The minimum atomic E-state index is 0.109. The molecule has 0 spiro atoms. The second-order valence-corrected chi connectivity index (χ2v) is 5.99. The first-order chi connectivity index (χ1) is 10.0. The molecule has 0 saturated carbocycles. The highest BCUT2D eigenvalue weighted by atomic mass is 32.1. The van der Waals surface area contributed by atoms with Crippen LogP contribution < -0.4 is 5.73 Å². The van der Waals surface area contributed by atoms with Gasteiger partial charge in [0.05, 0.1) is 11.0 Å². The molecule has 0 radical (unpaired) electrons. The normalized spacial score (nSPS) is 17.5. The zero-order valence-corrected chi connectivity index (χ0v) is 13.5. The third-order valence-corrected chi connectivity index (χ3v) is 4.33. The van der Waals surface area contributed by atoms with Crippen LogP contribution in [0.2, 0.25) is 0 Å². The van der Waals surface area contributed by atoms with E-state index in [2.05, 4.69) is 11.8 Å². The van der Waals surface area contributed by atoms with Crippen molar-refractivity contribution in [1.82, 2.24) is 9.80 Å². The maximum atomic E-state index is 12.4. The molecule has 1 unspecified atom stereocenters. The Morgan fingerprint density at radius 1 is 1.24 bits per heavy atom. The van der Waals surface area contributed by atoms with Crippen molar-refractivity contribution in [3.8, 4) is 0 Å². The van der Waals surface area contributed by atoms with Crippen molar-refractivity contribution in [3.63, 3.8) is 0 Å². The Balaban J connectivity index is 1.96. The standard InChI is InChI=1S/C16H23N3OS/c1-3-14(15(17)21)18-8-10-19(11-9-18)16(20)13-6-4-12(2)5-7-13/h4-7,14H,3,8-11H2,1-2H3,(H2,17,21). The van der Waals surface area contributed by atoms with E-state index in [1.165, 1.54) is 5.56 Å². The summed E-state index contributed by atoms with van der Waals surface area (Å²) in [6.07, 6.45) is 0.918. The van der Waals surface area contributed by atoms with Gasteiger partial charge in [-0.05, 0) is 25.5 Å². The van der Waals surface area contributed by atoms with E-state index in [0.717, 1.165) is 38.2 Å². The van der Waals surface area contributed by atoms with Crippen molar-refractivity contribution >= 4 is 23.1 Å². The molecule has 0 aliphatic carbocycles. The molecular formula is C16H23N3OS. The number of benzene rings is 1. The van der Waals surface area contributed by atoms with Gasteiger partial charge in [0, 0.05) is 31.7 Å². The fourth-order valence-electron chi connectivity index (χ4n) is 2.75. The average Bonchev–Trinajstić information content (AvgIpc) is 2.48. The quantitative estimate of drug-likeness (QED) is 0.862. The summed E-state index contributed by atoms with van der Waals surface area (Å²) >= 11 is 5.12. The lowest BCUT2D eigenvalue weighted by Crippen LogP contribution is -2.54. The maximum absolute atomic E-state index is 12.4. The molecule has 4 nitrogen and oxygen atoms in total. The van der Waals surface area contributed by atoms with Crippen molar-refractivity contribution in [2.24, 2.45) is 5.73 Å². The Morgan fingerprint density at radius 2 is 1.81 bits per heavy atom. The van der Waals surface area contributed by atoms with E-state index in [0.29, 0.717) is 4.99 Å². The van der Waals surface area contributed by atoms with Gasteiger partial charge in [-0.15, -0.1) is 0 Å². The molecule has 1 saturated heterocycles. The molecule has 5 heteroatoms. The van der Waals surface area contributed by atoms with Gasteiger partial charge >= 0.3 is 0 Å². The minimum Gasteiger partial charge on any atom is -0.392 e. The summed E-state index contributed by atoms with van der Waals surface area (Å²) in [5.74, 6) is 0.109. The number of rotatable bonds is 4. The van der Waals surface area contributed by atoms with Gasteiger partial charge in [0.25, 0.3) is 5.91 Å². The predicted molar refractivity (Wildman–Crippen MR) is 89.5 cm³/mol. The SMILES string of the molecule is CCC(C(N)=S)N1CCN(C(=O)c2ccc(C)cc2)CC1. The lowest BCUT2D eigenvalue weighted by Gasteiger charge is -2.38. The van der Waals surface area contributed by atoms with Crippen LogP contribution in [-0.2, 0) is 0 Å². The van der Waals surface area contributed by atoms with Crippen molar-refractivity contribution in [1.29, 1.82) is 0 Å². The summed E-state index contributed by atoms with van der Waals surface area (Å²) in [6, 6.07) is 7.89. The summed E-state index contributed by atoms with van der Waals surface area (Å²) in [5, 5.41) is 0. The lowest BCUT2D eigenvalue weighted by molar-refractivity contribution is 0.0612. The van der Waals surface area contributed by atoms with Crippen molar-refractivity contribution in [3.05, 3.63) is 35.4 Å². The summed E-state index contributed by atoms with van der Waals surface area (Å²) < 4.78 is 0. The molecule has 0 aromatic heterocycles. The highest BCUT2D eigenvalue weighted by molar-refractivity contribution is 7.80. The number of piperazine rings is 1. The third kappa shape index (κ3) is 3.80. The van der Waals surface area contributed by atoms with Crippen molar-refractivity contribution in [2.45, 2.75) is 26.3 Å². The molecule has 0 bridgehead atoms. The Morgan fingerprint density at radius 3 is 2.29 bits per heavy atom. The number of carbonyl (C=O) groups is 1. The van der Waals surface area contributed by atoms with Gasteiger partial charge < -0.3 is 10.6 Å². The van der Waals surface area contributed by atoms with E-state index in [1.54, 1.807) is 0 Å². The molecule has 1 heterocycles. The minimum absolute atomic E-state index is 0.109. The molecular weight excluding hydrogens is 282 g/mol. The maximum Gasteiger partial charge on any atom is 0.253 e. The van der Waals surface area contributed by atoms with Crippen molar-refractivity contribution < 1.29 is 4.79 Å². The summed E-state index contributed by atoms with van der Waals surface area (Å²) in [4.78, 5) is 17.2. The molecule has 2 rings (SSSR count). The van der Waals surface area contributed by atoms with Gasteiger partial charge in [-0.3, -0.25) is 9.69 Å². The first-order valence-electron chi connectivity index (χ1n) is 7.42. The molecule has 1 aliphatic rings. The highest BCUT2D eigenvalue weighted by Crippen LogP contribution is 2.13. The van der Waals surface area contributed by atoms with Gasteiger partial charge in [0.2, 0.25) is 0 Å². The molecule has 1 atom stereocenters. The number of nitrogens with two attached hydrogens (primary N) is 1. The molecule has 1 aromatic rings. The van der Waals surface area contributed by atoms with Crippen LogP contribution in [0.4, 0.5) is 0 Å². The van der Waals surface area contributed by atoms with E-state index in [4.69, 9.17) is 18.0 Å². The average molecular weight is 305 g/mol. The molecule has 21 heavy (non-hydrogen) atoms. The Hall–Kier alpha value is -1.46. The molecule has 1 aliphatic heterocycles. The second kappa shape index (κ2) is 7.00. The fourth-order valence-corrected chi connectivity index (χ4v) is 3.07. The molecule has 1 fully saturated rings. The number of nitrogens with zero attached hydrogens (tertiary/aromatic N) is 2. The van der Waals surface area contributed by atoms with Crippen LogP contribution in [-0.4, -0.2) is 52.9 Å². The molecule has 2 N–H and O–H groups in total. The Bertz CT molecular complexity index is 507. The highest BCUT2D eigenvalue weighted by Gasteiger charge is 2.26. The zero-order chi connectivity index (χ0) is 15.4. The van der Waals surface area contributed by atoms with Crippen molar-refractivity contribution in [2.75, 3.05) is 26.2 Å². The fraction of sp³-hybridized carbons (Fsp3) is 0.500. The Kier molecular flexibility index (Phi) is 5.31. The van der Waals surface area contributed by atoms with E-state index >= 15 is 0 Å². The van der Waals surface area contributed by atoms with Crippen LogP contribution in [0.25, 0.3) is 0 Å². The third-order valence-electron chi connectivity index (χ3n) is 4.06. The van der Waals surface area contributed by atoms with Gasteiger partial charge in [-0.25, -0.2) is 0 Å². The number of aryl methyl sites for hydroxylation is 1. The predicted octanol–water partition coefficient (Wildman–Crippen LogP) is 1.82. The molecule has 1 amide bonds. The van der Waals surface area contributed by atoms with Gasteiger partial charge in [0.1, 0.15) is 0 Å². The van der Waals surface area contributed by atoms with Crippen LogP contribution in [0.15, 0.2) is 24.3 Å². The summed E-state index contributed by atoms with van der Waals surface area (Å²) in [6.45, 7) is 7.22. The van der Waals surface area contributed by atoms with Crippen LogP contribution in [0, 0.1) is 6.92 Å². The van der Waals surface area contributed by atoms with Crippen LogP contribution in [0.1, 0.15) is 29.3 Å². The largest absolute Gasteiger partial charge is 0.392 e. The number of thiocarbonyl (C=S) groups is 1. The van der Waals surface area contributed by atoms with Crippen LogP contribution >= 0.6 is 12.2 Å². The smallest absolute Gasteiger partial charge is 0.253 e. The molecule has 114 valence electrons. The van der Waals surface area contributed by atoms with Crippen LogP contribution in [0.5, 0.6) is 0 Å². The van der Waals surface area contributed by atoms with E-state index in [1.807, 2.05) is 36.1 Å². The van der Waals surface area contributed by atoms with Gasteiger partial charge in [-0.2, -0.15) is 0 Å². The lowest BCUT2D eigenvalue weighted by atomic mass is 10.1. The second-order valence-electron chi connectivity index (χ2n) is 5.52. The summed E-state index contributed by atoms with van der Waals surface area (Å²) in [7, 11) is 0. The van der Waals surface area contributed by atoms with E-state index < -0.39 is 0 Å². The number of hydrogen-bond donors (Lipinski definition) is 1. The van der Waals surface area contributed by atoms with Gasteiger partial charge in [0.15, 0.2) is 0 Å². The number of carbonyl (C=O) groups excluding carboxylic acids is 1. The van der Waals surface area contributed by atoms with Crippen LogP contribution in [0.3, 0.4) is 0 Å². The zero-order valence-electron chi connectivity index (χ0n) is 12.7. The Labute approximate surface area is 131 Å². The first kappa shape index (κ1) is 15.9. The van der Waals surface area contributed by atoms with E-state index in [-0.39, 0.29) is 11.9 Å². The molecule has 1 aromatic carbocycles. The summed E-state index contributed by atoms with van der Waals surface area (Å²) in [5.41, 5.74) is 7.71. The van der Waals surface area contributed by atoms with Gasteiger partial charge in [-0.1, -0.05) is 36.8 Å². The first-order valence-corrected chi connectivity index (χ1v) is 7.83. The number of hydrogen-bond acceptors (Lipinski definition) is 3. The monoisotopic (exact) mass is 305 g/mol. The topological polar surface area (TPSA) is 49.6 Å².